The van der Waals surface area contributed by atoms with Crippen LogP contribution in [0.5, 0.6) is 5.75 Å². The highest BCUT2D eigenvalue weighted by Gasteiger charge is 2.01. The van der Waals surface area contributed by atoms with Crippen molar-refractivity contribution in [2.24, 2.45) is 0 Å². The first kappa shape index (κ1) is 18.8. The van der Waals surface area contributed by atoms with E-state index in [4.69, 9.17) is 4.74 Å². The molecule has 1 aromatic rings. The Balaban J connectivity index is 2.30. The molecule has 1 aromatic carbocycles. The first-order valence-corrected chi connectivity index (χ1v) is 7.64. The Labute approximate surface area is 137 Å². The molecular weight excluding hydrogens is 296 g/mol. The van der Waals surface area contributed by atoms with Crippen LogP contribution in [0.4, 0.5) is 0 Å². The summed E-state index contributed by atoms with van der Waals surface area (Å²) in [6.45, 7) is 2.16. The van der Waals surface area contributed by atoms with Gasteiger partial charge in [0.05, 0.1) is 11.5 Å². The molecule has 0 aromatic heterocycles. The summed E-state index contributed by atoms with van der Waals surface area (Å²) in [5.41, 5.74) is 1.25. The standard InChI is InChI=1S/C16H26N4O3/c1-17-16(13-20(21)22)18-9-5-11-23-15-7-4-6-14(12-15)8-10-19(2)3/h4,6-7,12-13,17-18H,5,8-11H2,1-3H3. The van der Waals surface area contributed by atoms with Crippen molar-refractivity contribution in [2.75, 3.05) is 40.8 Å². The molecule has 0 saturated heterocycles. The van der Waals surface area contributed by atoms with Crippen molar-refractivity contribution in [3.05, 3.63) is 52.0 Å². The molecule has 0 atom stereocenters. The first-order valence-electron chi connectivity index (χ1n) is 7.64. The predicted octanol–water partition coefficient (Wildman–Crippen LogP) is 1.44. The molecule has 0 saturated carbocycles. The van der Waals surface area contributed by atoms with Gasteiger partial charge in [0.15, 0.2) is 5.82 Å². The predicted molar refractivity (Wildman–Crippen MR) is 91.0 cm³/mol. The molecule has 2 N–H and O–H groups in total. The van der Waals surface area contributed by atoms with Crippen LogP contribution >= 0.6 is 0 Å². The Hall–Kier alpha value is -2.28. The molecule has 0 spiro atoms. The number of nitro groups is 1. The summed E-state index contributed by atoms with van der Waals surface area (Å²) in [7, 11) is 5.75. The summed E-state index contributed by atoms with van der Waals surface area (Å²) in [6, 6.07) is 8.10. The van der Waals surface area contributed by atoms with Gasteiger partial charge in [0, 0.05) is 20.1 Å². The zero-order chi connectivity index (χ0) is 17.1. The second-order valence-electron chi connectivity index (χ2n) is 5.41. The second kappa shape index (κ2) is 10.4. The smallest absolute Gasteiger partial charge is 0.274 e. The average molecular weight is 322 g/mol. The zero-order valence-electron chi connectivity index (χ0n) is 14.0. The molecule has 1 rings (SSSR count). The van der Waals surface area contributed by atoms with E-state index in [2.05, 4.69) is 41.8 Å². The highest BCUT2D eigenvalue weighted by molar-refractivity contribution is 5.28. The Bertz CT molecular complexity index is 518. The minimum atomic E-state index is -0.492. The lowest BCUT2D eigenvalue weighted by Crippen LogP contribution is -2.26. The Morgan fingerprint density at radius 2 is 2.22 bits per heavy atom. The molecule has 23 heavy (non-hydrogen) atoms. The zero-order valence-corrected chi connectivity index (χ0v) is 14.0. The highest BCUT2D eigenvalue weighted by Crippen LogP contribution is 2.14. The summed E-state index contributed by atoms with van der Waals surface area (Å²) in [4.78, 5) is 12.0. The number of nitrogens with zero attached hydrogens (tertiary/aromatic N) is 2. The Morgan fingerprint density at radius 3 is 2.87 bits per heavy atom. The van der Waals surface area contributed by atoms with Gasteiger partial charge in [0.2, 0.25) is 0 Å². The summed E-state index contributed by atoms with van der Waals surface area (Å²) in [5.74, 6) is 1.25. The lowest BCUT2D eigenvalue weighted by atomic mass is 10.1. The van der Waals surface area contributed by atoms with Gasteiger partial charge < -0.3 is 20.3 Å². The normalized spacial score (nSPS) is 11.4. The summed E-state index contributed by atoms with van der Waals surface area (Å²) >= 11 is 0. The van der Waals surface area contributed by atoms with Crippen LogP contribution in [0.3, 0.4) is 0 Å². The van der Waals surface area contributed by atoms with Gasteiger partial charge in [-0.1, -0.05) is 12.1 Å². The van der Waals surface area contributed by atoms with Crippen LogP contribution in [0.15, 0.2) is 36.3 Å². The lowest BCUT2D eigenvalue weighted by Gasteiger charge is -2.11. The van der Waals surface area contributed by atoms with Crippen LogP contribution in [0.2, 0.25) is 0 Å². The number of nitrogens with one attached hydrogen (secondary N) is 2. The fourth-order valence-corrected chi connectivity index (χ4v) is 1.93. The van der Waals surface area contributed by atoms with Crippen molar-refractivity contribution in [1.29, 1.82) is 0 Å². The largest absolute Gasteiger partial charge is 0.494 e. The van der Waals surface area contributed by atoms with Gasteiger partial charge in [-0.2, -0.15) is 0 Å². The van der Waals surface area contributed by atoms with E-state index in [1.807, 2.05) is 12.1 Å². The number of likely N-dealkylation sites (N-methyl/N-ethyl adjacent to an activating group) is 1. The van der Waals surface area contributed by atoms with Crippen molar-refractivity contribution in [2.45, 2.75) is 12.8 Å². The number of hydrogen-bond acceptors (Lipinski definition) is 6. The van der Waals surface area contributed by atoms with Crippen LogP contribution in [0.1, 0.15) is 12.0 Å². The molecule has 0 radical (unpaired) electrons. The van der Waals surface area contributed by atoms with E-state index in [-0.39, 0.29) is 0 Å². The monoisotopic (exact) mass is 322 g/mol. The van der Waals surface area contributed by atoms with Crippen LogP contribution in [0, 0.1) is 10.1 Å². The maximum absolute atomic E-state index is 10.4. The Kier molecular flexibility index (Phi) is 8.52. The van der Waals surface area contributed by atoms with Gasteiger partial charge in [0.1, 0.15) is 5.75 Å². The third kappa shape index (κ3) is 8.67. The number of ether oxygens (including phenoxy) is 1. The Morgan fingerprint density at radius 1 is 1.43 bits per heavy atom. The quantitative estimate of drug-likeness (QED) is 0.365. The third-order valence-corrected chi connectivity index (χ3v) is 3.16. The van der Waals surface area contributed by atoms with Crippen LogP contribution in [0.25, 0.3) is 0 Å². The van der Waals surface area contributed by atoms with Gasteiger partial charge >= 0.3 is 0 Å². The van der Waals surface area contributed by atoms with Gasteiger partial charge in [0.25, 0.3) is 6.20 Å². The summed E-state index contributed by atoms with van der Waals surface area (Å²) in [5, 5.41) is 16.1. The van der Waals surface area contributed by atoms with Crippen molar-refractivity contribution in [3.63, 3.8) is 0 Å². The molecule has 0 aliphatic rings. The van der Waals surface area contributed by atoms with E-state index in [0.29, 0.717) is 19.0 Å². The minimum absolute atomic E-state index is 0.390. The third-order valence-electron chi connectivity index (χ3n) is 3.16. The average Bonchev–Trinajstić information content (AvgIpc) is 2.51. The highest BCUT2D eigenvalue weighted by atomic mass is 16.6. The molecule has 0 aliphatic carbocycles. The van der Waals surface area contributed by atoms with Crippen LogP contribution < -0.4 is 15.4 Å². The lowest BCUT2D eigenvalue weighted by molar-refractivity contribution is -0.404. The van der Waals surface area contributed by atoms with E-state index in [1.165, 1.54) is 5.56 Å². The maximum atomic E-state index is 10.4. The van der Waals surface area contributed by atoms with Crippen molar-refractivity contribution in [1.82, 2.24) is 15.5 Å². The SMILES string of the molecule is CNC(=C[N+](=O)[O-])NCCCOc1cccc(CCN(C)C)c1. The van der Waals surface area contributed by atoms with E-state index in [1.54, 1.807) is 7.05 Å². The summed E-state index contributed by atoms with van der Waals surface area (Å²) in [6.07, 6.45) is 2.65. The minimum Gasteiger partial charge on any atom is -0.494 e. The molecule has 0 heterocycles. The van der Waals surface area contributed by atoms with Gasteiger partial charge in [-0.3, -0.25) is 10.1 Å². The molecular formula is C16H26N4O3. The molecule has 0 amide bonds. The fourth-order valence-electron chi connectivity index (χ4n) is 1.93. The van der Waals surface area contributed by atoms with Crippen molar-refractivity contribution < 1.29 is 9.66 Å². The van der Waals surface area contributed by atoms with Crippen molar-refractivity contribution >= 4 is 0 Å². The molecule has 128 valence electrons. The van der Waals surface area contributed by atoms with E-state index in [9.17, 15) is 10.1 Å². The topological polar surface area (TPSA) is 79.7 Å². The van der Waals surface area contributed by atoms with Crippen LogP contribution in [-0.2, 0) is 6.42 Å². The number of rotatable bonds is 11. The van der Waals surface area contributed by atoms with E-state index < -0.39 is 4.92 Å². The van der Waals surface area contributed by atoms with Crippen LogP contribution in [-0.4, -0.2) is 50.7 Å². The molecule has 0 bridgehead atoms. The van der Waals surface area contributed by atoms with Gasteiger partial charge in [-0.15, -0.1) is 0 Å². The van der Waals surface area contributed by atoms with Gasteiger partial charge in [-0.25, -0.2) is 0 Å². The maximum Gasteiger partial charge on any atom is 0.274 e. The number of hydrogen-bond donors (Lipinski definition) is 2. The fraction of sp³-hybridized carbons (Fsp3) is 0.500. The molecule has 0 unspecified atom stereocenters. The molecule has 0 aliphatic heterocycles. The first-order chi connectivity index (χ1) is 11.0. The number of benzene rings is 1. The second-order valence-corrected chi connectivity index (χ2v) is 5.41. The molecule has 7 heteroatoms. The van der Waals surface area contributed by atoms with E-state index in [0.717, 1.165) is 31.3 Å². The molecule has 0 fully saturated rings. The van der Waals surface area contributed by atoms with E-state index >= 15 is 0 Å². The van der Waals surface area contributed by atoms with Crippen molar-refractivity contribution in [3.8, 4) is 5.75 Å². The summed E-state index contributed by atoms with van der Waals surface area (Å²) < 4.78 is 5.72. The van der Waals surface area contributed by atoms with Gasteiger partial charge in [-0.05, 0) is 44.6 Å². The molecule has 7 nitrogen and oxygen atoms in total.